The number of carbonyl (C=O) groups is 2. The van der Waals surface area contributed by atoms with Crippen LogP contribution in [0.3, 0.4) is 0 Å². The molecule has 0 saturated heterocycles. The maximum atomic E-state index is 11.9. The highest BCUT2D eigenvalue weighted by molar-refractivity contribution is 8.00. The van der Waals surface area contributed by atoms with E-state index >= 15 is 0 Å². The molecule has 0 unspecified atom stereocenters. The highest BCUT2D eigenvalue weighted by atomic mass is 32.2. The molecule has 0 aliphatic carbocycles. The summed E-state index contributed by atoms with van der Waals surface area (Å²) in [5.41, 5.74) is -4.48. The molecule has 0 aromatic heterocycles. The van der Waals surface area contributed by atoms with Crippen molar-refractivity contribution < 1.29 is 27.9 Å². The number of aliphatic carboxylic acids is 1. The first-order valence-electron chi connectivity index (χ1n) is 4.82. The Bertz CT molecular complexity index is 281. The van der Waals surface area contributed by atoms with Crippen LogP contribution in [0.15, 0.2) is 0 Å². The Balaban J connectivity index is 4.37. The van der Waals surface area contributed by atoms with Crippen LogP contribution in [0.25, 0.3) is 0 Å². The monoisotopic (exact) mass is 273 g/mol. The first-order chi connectivity index (χ1) is 7.61. The molecule has 1 amide bonds. The van der Waals surface area contributed by atoms with E-state index in [4.69, 9.17) is 5.11 Å². The van der Waals surface area contributed by atoms with Crippen LogP contribution in [-0.4, -0.2) is 46.2 Å². The zero-order chi connectivity index (χ0) is 13.6. The summed E-state index contributed by atoms with van der Waals surface area (Å²) in [4.78, 5) is 22.8. The van der Waals surface area contributed by atoms with Crippen molar-refractivity contribution in [3.63, 3.8) is 0 Å². The van der Waals surface area contributed by atoms with E-state index in [0.29, 0.717) is 0 Å². The van der Waals surface area contributed by atoms with Gasteiger partial charge in [-0.1, -0.05) is 13.8 Å². The molecular formula is C9H14F3NO3S. The highest BCUT2D eigenvalue weighted by Gasteiger charge is 2.30. The number of amides is 1. The molecule has 17 heavy (non-hydrogen) atoms. The minimum Gasteiger partial charge on any atom is -0.480 e. The number of carboxylic acid groups (broad SMARTS) is 1. The van der Waals surface area contributed by atoms with Gasteiger partial charge in [-0.2, -0.15) is 13.2 Å². The molecule has 0 bridgehead atoms. The SMILES string of the molecule is CC(C)CN(CC(=O)O)C(=O)CSC(F)(F)F. The Morgan fingerprint density at radius 3 is 2.24 bits per heavy atom. The second-order valence-corrected chi connectivity index (χ2v) is 4.84. The van der Waals surface area contributed by atoms with Crippen LogP contribution in [0.2, 0.25) is 0 Å². The van der Waals surface area contributed by atoms with Crippen LogP contribution in [-0.2, 0) is 9.59 Å². The Morgan fingerprint density at radius 2 is 1.88 bits per heavy atom. The average Bonchev–Trinajstić information content (AvgIpc) is 2.10. The van der Waals surface area contributed by atoms with Gasteiger partial charge < -0.3 is 10.0 Å². The first kappa shape index (κ1) is 16.1. The van der Waals surface area contributed by atoms with E-state index in [2.05, 4.69) is 0 Å². The van der Waals surface area contributed by atoms with Crippen molar-refractivity contribution in [2.45, 2.75) is 19.4 Å². The van der Waals surface area contributed by atoms with Crippen LogP contribution >= 0.6 is 11.8 Å². The van der Waals surface area contributed by atoms with E-state index in [1.807, 2.05) is 0 Å². The Labute approximate surface area is 101 Å². The Kier molecular flexibility index (Phi) is 6.36. The van der Waals surface area contributed by atoms with Gasteiger partial charge in [0.1, 0.15) is 6.54 Å². The molecule has 0 radical (unpaired) electrons. The van der Waals surface area contributed by atoms with Crippen molar-refractivity contribution >= 4 is 23.6 Å². The van der Waals surface area contributed by atoms with Gasteiger partial charge in [-0.05, 0) is 17.7 Å². The van der Waals surface area contributed by atoms with Crippen LogP contribution in [0, 0.1) is 5.92 Å². The summed E-state index contributed by atoms with van der Waals surface area (Å²) in [7, 11) is 0. The van der Waals surface area contributed by atoms with E-state index in [1.54, 1.807) is 13.8 Å². The number of rotatable bonds is 6. The van der Waals surface area contributed by atoms with Crippen LogP contribution in [0.5, 0.6) is 0 Å². The average molecular weight is 273 g/mol. The number of carboxylic acids is 1. The minimum atomic E-state index is -4.48. The molecule has 0 fully saturated rings. The first-order valence-corrected chi connectivity index (χ1v) is 5.80. The summed E-state index contributed by atoms with van der Waals surface area (Å²) >= 11 is -0.460. The summed E-state index contributed by atoms with van der Waals surface area (Å²) in [5, 5.41) is 8.55. The number of hydrogen-bond donors (Lipinski definition) is 1. The molecule has 8 heteroatoms. The number of thioether (sulfide) groups is 1. The molecule has 4 nitrogen and oxygen atoms in total. The van der Waals surface area contributed by atoms with Crippen molar-refractivity contribution in [1.29, 1.82) is 0 Å². The Hall–Kier alpha value is -0.920. The highest BCUT2D eigenvalue weighted by Crippen LogP contribution is 2.30. The molecule has 0 rings (SSSR count). The third-order valence-corrected chi connectivity index (χ3v) is 2.34. The molecule has 0 atom stereocenters. The number of hydrogen-bond acceptors (Lipinski definition) is 3. The lowest BCUT2D eigenvalue weighted by Crippen LogP contribution is -2.39. The topological polar surface area (TPSA) is 57.6 Å². The molecule has 0 aliphatic rings. The summed E-state index contributed by atoms with van der Waals surface area (Å²) < 4.78 is 35.6. The lowest BCUT2D eigenvalue weighted by molar-refractivity contribution is -0.143. The van der Waals surface area contributed by atoms with Crippen molar-refractivity contribution in [2.75, 3.05) is 18.8 Å². The second kappa shape index (κ2) is 6.73. The largest absolute Gasteiger partial charge is 0.480 e. The van der Waals surface area contributed by atoms with Gasteiger partial charge in [-0.25, -0.2) is 0 Å². The molecule has 0 aromatic rings. The van der Waals surface area contributed by atoms with Crippen molar-refractivity contribution in [3.05, 3.63) is 0 Å². The van der Waals surface area contributed by atoms with E-state index in [9.17, 15) is 22.8 Å². The molecular weight excluding hydrogens is 259 g/mol. The standard InChI is InChI=1S/C9H14F3NO3S/c1-6(2)3-13(4-8(15)16)7(14)5-17-9(10,11)12/h6H,3-5H2,1-2H3,(H,15,16). The van der Waals surface area contributed by atoms with E-state index < -0.39 is 41.4 Å². The van der Waals surface area contributed by atoms with Crippen LogP contribution in [0.4, 0.5) is 13.2 Å². The fourth-order valence-corrected chi connectivity index (χ4v) is 1.56. The van der Waals surface area contributed by atoms with Crippen molar-refractivity contribution in [3.8, 4) is 0 Å². The van der Waals surface area contributed by atoms with Gasteiger partial charge in [0.2, 0.25) is 5.91 Å². The molecule has 0 saturated carbocycles. The number of nitrogens with zero attached hydrogens (tertiary/aromatic N) is 1. The molecule has 100 valence electrons. The van der Waals surface area contributed by atoms with Gasteiger partial charge in [-0.3, -0.25) is 9.59 Å². The number of carbonyl (C=O) groups excluding carboxylic acids is 1. The summed E-state index contributed by atoms with van der Waals surface area (Å²) in [5.74, 6) is -2.85. The maximum Gasteiger partial charge on any atom is 0.442 e. The molecule has 0 heterocycles. The zero-order valence-electron chi connectivity index (χ0n) is 9.45. The number of halogens is 3. The van der Waals surface area contributed by atoms with Gasteiger partial charge in [0.15, 0.2) is 0 Å². The van der Waals surface area contributed by atoms with E-state index in [-0.39, 0.29) is 12.5 Å². The van der Waals surface area contributed by atoms with E-state index in [1.165, 1.54) is 0 Å². The smallest absolute Gasteiger partial charge is 0.442 e. The lowest BCUT2D eigenvalue weighted by atomic mass is 10.2. The van der Waals surface area contributed by atoms with Gasteiger partial charge in [0.05, 0.1) is 5.75 Å². The molecule has 0 spiro atoms. The van der Waals surface area contributed by atoms with Crippen molar-refractivity contribution in [1.82, 2.24) is 4.90 Å². The van der Waals surface area contributed by atoms with Crippen LogP contribution < -0.4 is 0 Å². The predicted molar refractivity (Wildman–Crippen MR) is 57.6 cm³/mol. The fourth-order valence-electron chi connectivity index (χ4n) is 1.09. The third-order valence-electron chi connectivity index (χ3n) is 1.62. The Morgan fingerprint density at radius 1 is 1.35 bits per heavy atom. The predicted octanol–water partition coefficient (Wildman–Crippen LogP) is 1.81. The normalized spacial score (nSPS) is 11.6. The fraction of sp³-hybridized carbons (Fsp3) is 0.778. The molecule has 0 aromatic carbocycles. The third kappa shape index (κ3) is 8.84. The molecule has 1 N–H and O–H groups in total. The lowest BCUT2D eigenvalue weighted by Gasteiger charge is -2.22. The van der Waals surface area contributed by atoms with Crippen molar-refractivity contribution in [2.24, 2.45) is 5.92 Å². The van der Waals surface area contributed by atoms with Gasteiger partial charge >= 0.3 is 11.5 Å². The number of alkyl halides is 3. The van der Waals surface area contributed by atoms with E-state index in [0.717, 1.165) is 4.90 Å². The summed E-state index contributed by atoms with van der Waals surface area (Å²) in [6, 6.07) is 0. The van der Waals surface area contributed by atoms with Crippen LogP contribution in [0.1, 0.15) is 13.8 Å². The second-order valence-electron chi connectivity index (χ2n) is 3.80. The molecule has 0 aliphatic heterocycles. The maximum absolute atomic E-state index is 11.9. The summed E-state index contributed by atoms with van der Waals surface area (Å²) in [6.07, 6.45) is 0. The van der Waals surface area contributed by atoms with Gasteiger partial charge in [-0.15, -0.1) is 0 Å². The van der Waals surface area contributed by atoms with Gasteiger partial charge in [0, 0.05) is 6.54 Å². The summed E-state index contributed by atoms with van der Waals surface area (Å²) in [6.45, 7) is 3.05. The quantitative estimate of drug-likeness (QED) is 0.802. The van der Waals surface area contributed by atoms with Gasteiger partial charge in [0.25, 0.3) is 0 Å². The zero-order valence-corrected chi connectivity index (χ0v) is 10.3. The minimum absolute atomic E-state index is 0.00538.